The van der Waals surface area contributed by atoms with E-state index in [0.29, 0.717) is 5.89 Å². The van der Waals surface area contributed by atoms with Gasteiger partial charge in [-0.25, -0.2) is 14.6 Å². The van der Waals surface area contributed by atoms with E-state index in [1.165, 1.54) is 13.4 Å². The maximum Gasteiger partial charge on any atom is 0.360 e. The molecule has 0 atom stereocenters. The number of ether oxygens (including phenoxy) is 1. The fraction of sp³-hybridized carbons (Fsp3) is 0.643. The smallest absolute Gasteiger partial charge is 0.360 e. The van der Waals surface area contributed by atoms with Gasteiger partial charge in [0.15, 0.2) is 5.69 Å². The monoisotopic (exact) mass is 295 g/mol. The van der Waals surface area contributed by atoms with Gasteiger partial charge in [0.05, 0.1) is 13.7 Å². The quantitative estimate of drug-likeness (QED) is 0.858. The van der Waals surface area contributed by atoms with Crippen LogP contribution in [0.3, 0.4) is 0 Å². The van der Waals surface area contributed by atoms with Crippen molar-refractivity contribution in [1.29, 1.82) is 0 Å². The highest BCUT2D eigenvalue weighted by Gasteiger charge is 2.35. The topological polar surface area (TPSA) is 84.7 Å². The Kier molecular flexibility index (Phi) is 4.20. The van der Waals surface area contributed by atoms with Gasteiger partial charge in [0.2, 0.25) is 5.89 Å². The molecule has 1 saturated carbocycles. The third kappa shape index (κ3) is 4.21. The number of hydrogen-bond acceptors (Lipinski definition) is 5. The fourth-order valence-electron chi connectivity index (χ4n) is 1.87. The van der Waals surface area contributed by atoms with Crippen LogP contribution in [0, 0.1) is 0 Å². The van der Waals surface area contributed by atoms with Gasteiger partial charge in [-0.2, -0.15) is 0 Å². The highest BCUT2D eigenvalue weighted by Crippen LogP contribution is 2.28. The molecule has 2 rings (SSSR count). The predicted octanol–water partition coefficient (Wildman–Crippen LogP) is 1.93. The first-order chi connectivity index (χ1) is 9.80. The molecule has 7 heteroatoms. The first kappa shape index (κ1) is 15.3. The van der Waals surface area contributed by atoms with Crippen molar-refractivity contribution >= 4 is 12.0 Å². The number of urea groups is 1. The van der Waals surface area contributed by atoms with E-state index in [0.717, 1.165) is 12.8 Å². The average Bonchev–Trinajstić information content (AvgIpc) is 3.11. The number of oxazole rings is 1. The summed E-state index contributed by atoms with van der Waals surface area (Å²) in [5.41, 5.74) is -0.197. The van der Waals surface area contributed by atoms with E-state index in [1.54, 1.807) is 4.90 Å². The van der Waals surface area contributed by atoms with Crippen molar-refractivity contribution in [2.45, 2.75) is 51.7 Å². The number of nitrogens with one attached hydrogen (secondary N) is 1. The van der Waals surface area contributed by atoms with Crippen LogP contribution in [0.15, 0.2) is 10.7 Å². The van der Waals surface area contributed by atoms with Crippen LogP contribution in [0.2, 0.25) is 0 Å². The maximum atomic E-state index is 12.3. The second-order valence-corrected chi connectivity index (χ2v) is 6.16. The number of hydrogen-bond donors (Lipinski definition) is 1. The molecule has 0 saturated heterocycles. The first-order valence-corrected chi connectivity index (χ1v) is 6.91. The minimum Gasteiger partial charge on any atom is -0.464 e. The lowest BCUT2D eigenvalue weighted by atomic mass is 10.1. The molecule has 1 aliphatic carbocycles. The van der Waals surface area contributed by atoms with Crippen molar-refractivity contribution < 1.29 is 18.7 Å². The Morgan fingerprint density at radius 2 is 2.14 bits per heavy atom. The SMILES string of the molecule is COC(=O)c1coc(CN(C(=O)NC(C)(C)C)C2CC2)n1. The molecule has 7 nitrogen and oxygen atoms in total. The first-order valence-electron chi connectivity index (χ1n) is 6.91. The summed E-state index contributed by atoms with van der Waals surface area (Å²) < 4.78 is 9.82. The van der Waals surface area contributed by atoms with Crippen molar-refractivity contribution in [3.05, 3.63) is 17.8 Å². The molecule has 116 valence electrons. The summed E-state index contributed by atoms with van der Waals surface area (Å²) in [6.45, 7) is 6.02. The predicted molar refractivity (Wildman–Crippen MR) is 74.7 cm³/mol. The van der Waals surface area contributed by atoms with Crippen LogP contribution in [0.1, 0.15) is 50.0 Å². The lowest BCUT2D eigenvalue weighted by molar-refractivity contribution is 0.0594. The van der Waals surface area contributed by atoms with Gasteiger partial charge in [0.1, 0.15) is 6.26 Å². The van der Waals surface area contributed by atoms with Gasteiger partial charge in [0.25, 0.3) is 0 Å². The van der Waals surface area contributed by atoms with Gasteiger partial charge in [-0.1, -0.05) is 0 Å². The van der Waals surface area contributed by atoms with Crippen LogP contribution in [0.4, 0.5) is 4.79 Å². The van der Waals surface area contributed by atoms with E-state index >= 15 is 0 Å². The van der Waals surface area contributed by atoms with Crippen LogP contribution in [-0.4, -0.2) is 40.6 Å². The molecular formula is C14H21N3O4. The molecule has 1 N–H and O–H groups in total. The average molecular weight is 295 g/mol. The zero-order valence-electron chi connectivity index (χ0n) is 12.8. The summed E-state index contributed by atoms with van der Waals surface area (Å²) in [4.78, 5) is 29.4. The Labute approximate surface area is 123 Å². The van der Waals surface area contributed by atoms with Crippen LogP contribution in [0.25, 0.3) is 0 Å². The van der Waals surface area contributed by atoms with E-state index < -0.39 is 5.97 Å². The zero-order valence-corrected chi connectivity index (χ0v) is 12.8. The molecule has 1 fully saturated rings. The highest BCUT2D eigenvalue weighted by molar-refractivity contribution is 5.86. The summed E-state index contributed by atoms with van der Waals surface area (Å²) in [5.74, 6) is -0.228. The highest BCUT2D eigenvalue weighted by atomic mass is 16.5. The number of methoxy groups -OCH3 is 1. The van der Waals surface area contributed by atoms with Crippen molar-refractivity contribution in [2.24, 2.45) is 0 Å². The Morgan fingerprint density at radius 1 is 1.48 bits per heavy atom. The van der Waals surface area contributed by atoms with Crippen LogP contribution < -0.4 is 5.32 Å². The Balaban J connectivity index is 2.05. The molecule has 2 amide bonds. The number of amides is 2. The number of carbonyl (C=O) groups is 2. The fourth-order valence-corrected chi connectivity index (χ4v) is 1.87. The van der Waals surface area contributed by atoms with Gasteiger partial charge >= 0.3 is 12.0 Å². The normalized spacial score (nSPS) is 14.7. The van der Waals surface area contributed by atoms with Gasteiger partial charge in [-0.05, 0) is 33.6 Å². The number of nitrogens with zero attached hydrogens (tertiary/aromatic N) is 2. The van der Waals surface area contributed by atoms with Gasteiger partial charge < -0.3 is 19.4 Å². The molecule has 0 unspecified atom stereocenters. The standard InChI is InChI=1S/C14H21N3O4/c1-14(2,3)16-13(19)17(9-5-6-9)7-11-15-10(8-21-11)12(18)20-4/h8-9H,5-7H2,1-4H3,(H,16,19). The second kappa shape index (κ2) is 5.75. The third-order valence-corrected chi connectivity index (χ3v) is 2.98. The van der Waals surface area contributed by atoms with E-state index in [9.17, 15) is 9.59 Å². The van der Waals surface area contributed by atoms with Crippen LogP contribution in [0.5, 0.6) is 0 Å². The van der Waals surface area contributed by atoms with E-state index in [2.05, 4.69) is 15.0 Å². The van der Waals surface area contributed by atoms with Gasteiger partial charge in [-0.3, -0.25) is 0 Å². The minimum atomic E-state index is -0.554. The minimum absolute atomic E-state index is 0.111. The van der Waals surface area contributed by atoms with E-state index in [4.69, 9.17) is 4.42 Å². The second-order valence-electron chi connectivity index (χ2n) is 6.16. The van der Waals surface area contributed by atoms with Crippen LogP contribution >= 0.6 is 0 Å². The van der Waals surface area contributed by atoms with Gasteiger partial charge in [-0.15, -0.1) is 0 Å². The molecule has 1 aliphatic rings. The molecule has 0 spiro atoms. The summed E-state index contributed by atoms with van der Waals surface area (Å²) in [6.07, 6.45) is 3.19. The molecule has 1 heterocycles. The number of rotatable bonds is 4. The molecule has 1 aromatic rings. The van der Waals surface area contributed by atoms with Crippen molar-refractivity contribution in [3.63, 3.8) is 0 Å². The van der Waals surface area contributed by atoms with Crippen LogP contribution in [-0.2, 0) is 11.3 Å². The number of carbonyl (C=O) groups excluding carboxylic acids is 2. The summed E-state index contributed by atoms with van der Waals surface area (Å²) in [7, 11) is 1.28. The van der Waals surface area contributed by atoms with Crippen molar-refractivity contribution in [2.75, 3.05) is 7.11 Å². The molecule has 0 aromatic carbocycles. The summed E-state index contributed by atoms with van der Waals surface area (Å²) in [5, 5.41) is 2.93. The summed E-state index contributed by atoms with van der Waals surface area (Å²) >= 11 is 0. The maximum absolute atomic E-state index is 12.3. The lowest BCUT2D eigenvalue weighted by Crippen LogP contribution is -2.49. The molecular weight excluding hydrogens is 274 g/mol. The molecule has 21 heavy (non-hydrogen) atoms. The Morgan fingerprint density at radius 3 is 2.67 bits per heavy atom. The lowest BCUT2D eigenvalue weighted by Gasteiger charge is -2.27. The van der Waals surface area contributed by atoms with Crippen molar-refractivity contribution in [1.82, 2.24) is 15.2 Å². The largest absolute Gasteiger partial charge is 0.464 e. The van der Waals surface area contributed by atoms with E-state index in [1.807, 2.05) is 20.8 Å². The molecule has 0 bridgehead atoms. The van der Waals surface area contributed by atoms with E-state index in [-0.39, 0.29) is 29.9 Å². The zero-order chi connectivity index (χ0) is 15.6. The summed E-state index contributed by atoms with van der Waals surface area (Å²) in [6, 6.07) is 0.0589. The number of aromatic nitrogens is 1. The third-order valence-electron chi connectivity index (χ3n) is 2.98. The Bertz CT molecular complexity index is 529. The molecule has 1 aromatic heterocycles. The van der Waals surface area contributed by atoms with Gasteiger partial charge in [0, 0.05) is 11.6 Å². The van der Waals surface area contributed by atoms with Crippen molar-refractivity contribution in [3.8, 4) is 0 Å². The molecule has 0 radical (unpaired) electrons. The Hall–Kier alpha value is -2.05. The number of esters is 1. The molecule has 0 aliphatic heterocycles.